The van der Waals surface area contributed by atoms with E-state index in [1.165, 1.54) is 21.5 Å². The molecule has 30 heavy (non-hydrogen) atoms. The van der Waals surface area contributed by atoms with Crippen molar-refractivity contribution in [2.45, 2.75) is 6.92 Å². The Morgan fingerprint density at radius 3 is 2.50 bits per heavy atom. The molecule has 5 aromatic rings. The van der Waals surface area contributed by atoms with Crippen LogP contribution in [0.25, 0.3) is 44.1 Å². The molecule has 0 unspecified atom stereocenters. The Labute approximate surface area is 204 Å². The molecule has 4 radical (unpaired) electrons. The SMILES string of the molecule is Cc1ccc(-c2[c-]cc3ccc4ccccc4c3c2)[c-]c1-c1nccc[n+]1C.[B].[Y]. The number of nitrogens with zero attached hydrogens (tertiary/aromatic N) is 2. The summed E-state index contributed by atoms with van der Waals surface area (Å²) in [5.41, 5.74) is 4.25. The molecule has 1 aromatic heterocycles. The van der Waals surface area contributed by atoms with Gasteiger partial charge < -0.3 is 0 Å². The van der Waals surface area contributed by atoms with E-state index in [1.807, 2.05) is 30.1 Å². The predicted molar refractivity (Wildman–Crippen MR) is 119 cm³/mol. The van der Waals surface area contributed by atoms with Crippen LogP contribution in [-0.2, 0) is 39.8 Å². The zero-order valence-corrected chi connectivity index (χ0v) is 19.9. The summed E-state index contributed by atoms with van der Waals surface area (Å²) in [7, 11) is 2.01. The molecule has 0 aliphatic rings. The molecule has 5 rings (SSSR count). The molecule has 0 spiro atoms. The van der Waals surface area contributed by atoms with E-state index in [0.29, 0.717) is 0 Å². The summed E-state index contributed by atoms with van der Waals surface area (Å²) in [6.45, 7) is 2.10. The smallest absolute Gasteiger partial charge is 0.264 e. The standard InChI is InChI=1S/C26H19N2.B.Y/c1-18-8-9-21(16-24(18)26-27-14-5-15-28(26)2)22-13-12-20-11-10-19-6-3-4-7-23(19)25(20)17-22;;/h3-12,14-15,17H,1-2H3;;/q-1;;. The van der Waals surface area contributed by atoms with Crippen LogP contribution in [0.5, 0.6) is 0 Å². The summed E-state index contributed by atoms with van der Waals surface area (Å²) >= 11 is 0. The van der Waals surface area contributed by atoms with Crippen molar-refractivity contribution < 1.29 is 37.3 Å². The zero-order valence-electron chi connectivity index (χ0n) is 17.1. The van der Waals surface area contributed by atoms with E-state index in [0.717, 1.165) is 28.1 Å². The maximum Gasteiger partial charge on any atom is 0.264 e. The minimum absolute atomic E-state index is 0. The molecule has 140 valence electrons. The van der Waals surface area contributed by atoms with Gasteiger partial charge in [0, 0.05) is 47.2 Å². The minimum atomic E-state index is 0. The molecule has 2 nitrogen and oxygen atoms in total. The molecule has 4 heteroatoms. The Morgan fingerprint density at radius 2 is 1.67 bits per heavy atom. The number of fused-ring (bicyclic) bond motifs is 3. The second kappa shape index (κ2) is 9.20. The van der Waals surface area contributed by atoms with Gasteiger partial charge in [-0.15, -0.1) is 28.5 Å². The number of aromatic nitrogens is 2. The fourth-order valence-electron chi connectivity index (χ4n) is 3.74. The molecule has 0 aliphatic heterocycles. The van der Waals surface area contributed by atoms with E-state index < -0.39 is 0 Å². The van der Waals surface area contributed by atoms with Crippen molar-refractivity contribution in [1.82, 2.24) is 4.98 Å². The summed E-state index contributed by atoms with van der Waals surface area (Å²) < 4.78 is 2.03. The van der Waals surface area contributed by atoms with Crippen molar-refractivity contribution >= 4 is 30.0 Å². The van der Waals surface area contributed by atoms with Gasteiger partial charge in [-0.05, 0) is 16.3 Å². The molecule has 0 aliphatic carbocycles. The molecule has 1 heterocycles. The first-order valence-electron chi connectivity index (χ1n) is 9.38. The maximum absolute atomic E-state index is 4.56. The fraction of sp³-hybridized carbons (Fsp3) is 0.0769. The van der Waals surface area contributed by atoms with Gasteiger partial charge in [-0.25, -0.2) is 5.56 Å². The monoisotopic (exact) mass is 459 g/mol. The van der Waals surface area contributed by atoms with Crippen LogP contribution in [-0.4, -0.2) is 13.4 Å². The number of benzene rings is 4. The van der Waals surface area contributed by atoms with Crippen molar-refractivity contribution in [2.24, 2.45) is 7.05 Å². The van der Waals surface area contributed by atoms with Crippen LogP contribution in [0.3, 0.4) is 0 Å². The van der Waals surface area contributed by atoms with Gasteiger partial charge in [0.1, 0.15) is 6.20 Å². The summed E-state index contributed by atoms with van der Waals surface area (Å²) in [6.07, 6.45) is 3.83. The van der Waals surface area contributed by atoms with E-state index in [-0.39, 0.29) is 41.1 Å². The second-order valence-corrected chi connectivity index (χ2v) is 7.12. The first-order chi connectivity index (χ1) is 13.7. The molecule has 4 aromatic carbocycles. The summed E-state index contributed by atoms with van der Waals surface area (Å²) in [6, 6.07) is 30.4. The van der Waals surface area contributed by atoms with E-state index in [9.17, 15) is 0 Å². The van der Waals surface area contributed by atoms with Crippen LogP contribution in [0.2, 0.25) is 0 Å². The van der Waals surface area contributed by atoms with Crippen LogP contribution < -0.4 is 4.57 Å². The topological polar surface area (TPSA) is 16.8 Å². The predicted octanol–water partition coefficient (Wildman–Crippen LogP) is 5.07. The number of hydrogen-bond acceptors (Lipinski definition) is 1. The summed E-state index contributed by atoms with van der Waals surface area (Å²) in [5.74, 6) is 0.910. The van der Waals surface area contributed by atoms with E-state index in [4.69, 9.17) is 0 Å². The van der Waals surface area contributed by atoms with Crippen molar-refractivity contribution in [3.63, 3.8) is 0 Å². The summed E-state index contributed by atoms with van der Waals surface area (Å²) in [5, 5.41) is 4.96. The van der Waals surface area contributed by atoms with Crippen LogP contribution in [0, 0.1) is 19.1 Å². The quantitative estimate of drug-likeness (QED) is 0.156. The van der Waals surface area contributed by atoms with E-state index in [2.05, 4.69) is 84.7 Å². The Hall–Kier alpha value is -2.35. The normalized spacial score (nSPS) is 10.5. The van der Waals surface area contributed by atoms with Crippen LogP contribution in [0.4, 0.5) is 0 Å². The Morgan fingerprint density at radius 1 is 0.867 bits per heavy atom. The average Bonchev–Trinajstić information content (AvgIpc) is 2.74. The number of hydrogen-bond donors (Lipinski definition) is 0. The molecule has 0 N–H and O–H groups in total. The Bertz CT molecular complexity index is 1350. The molecule has 0 bridgehead atoms. The van der Waals surface area contributed by atoms with Crippen molar-refractivity contribution in [2.75, 3.05) is 0 Å². The van der Waals surface area contributed by atoms with Crippen molar-refractivity contribution in [1.29, 1.82) is 0 Å². The van der Waals surface area contributed by atoms with Gasteiger partial charge in [-0.1, -0.05) is 48.3 Å². The maximum atomic E-state index is 4.56. The van der Waals surface area contributed by atoms with Crippen LogP contribution >= 0.6 is 0 Å². The molecular formula is C26H19BN2Y-. The molecule has 0 fully saturated rings. The Balaban J connectivity index is 0.00000128. The molecule has 0 saturated carbocycles. The van der Waals surface area contributed by atoms with Gasteiger partial charge in [0.25, 0.3) is 5.82 Å². The number of aryl methyl sites for hydroxylation is 2. The largest absolute Gasteiger partial charge is 0.265 e. The third kappa shape index (κ3) is 3.97. The van der Waals surface area contributed by atoms with Gasteiger partial charge in [0.05, 0.1) is 13.2 Å². The van der Waals surface area contributed by atoms with Crippen LogP contribution in [0.15, 0.2) is 79.1 Å². The van der Waals surface area contributed by atoms with Gasteiger partial charge in [-0.3, -0.25) is 4.57 Å². The fourth-order valence-corrected chi connectivity index (χ4v) is 3.74. The third-order valence-electron chi connectivity index (χ3n) is 5.27. The first-order valence-corrected chi connectivity index (χ1v) is 9.38. The number of rotatable bonds is 2. The average molecular weight is 459 g/mol. The van der Waals surface area contributed by atoms with E-state index in [1.54, 1.807) is 0 Å². The third-order valence-corrected chi connectivity index (χ3v) is 5.27. The van der Waals surface area contributed by atoms with Crippen molar-refractivity contribution in [3.8, 4) is 22.5 Å². The van der Waals surface area contributed by atoms with Gasteiger partial charge in [-0.2, -0.15) is 29.8 Å². The molecular weight excluding hydrogens is 440 g/mol. The van der Waals surface area contributed by atoms with Gasteiger partial charge in [0.15, 0.2) is 0 Å². The van der Waals surface area contributed by atoms with E-state index >= 15 is 0 Å². The molecule has 0 atom stereocenters. The Kier molecular flexibility index (Phi) is 6.85. The minimum Gasteiger partial charge on any atom is -0.265 e. The second-order valence-electron chi connectivity index (χ2n) is 7.12. The summed E-state index contributed by atoms with van der Waals surface area (Å²) in [4.78, 5) is 4.56. The molecule has 0 saturated heterocycles. The van der Waals surface area contributed by atoms with Crippen LogP contribution in [0.1, 0.15) is 5.56 Å². The zero-order chi connectivity index (χ0) is 19.1. The van der Waals surface area contributed by atoms with Crippen molar-refractivity contribution in [3.05, 3.63) is 96.8 Å². The van der Waals surface area contributed by atoms with Gasteiger partial charge >= 0.3 is 0 Å². The molecule has 0 amide bonds. The van der Waals surface area contributed by atoms with Gasteiger partial charge in [0.2, 0.25) is 0 Å². The first kappa shape index (κ1) is 22.3.